The Morgan fingerprint density at radius 1 is 1.07 bits per heavy atom. The summed E-state index contributed by atoms with van der Waals surface area (Å²) < 4.78 is 33.5. The molecule has 0 bridgehead atoms. The number of rotatable bonds is 13. The molecule has 0 saturated carbocycles. The van der Waals surface area contributed by atoms with E-state index in [1.165, 1.54) is 57.1 Å². The van der Waals surface area contributed by atoms with Crippen molar-refractivity contribution in [3.8, 4) is 5.75 Å². The molecule has 1 aromatic rings. The van der Waals surface area contributed by atoms with Gasteiger partial charge in [-0.3, -0.25) is 10.1 Å². The first-order valence-corrected chi connectivity index (χ1v) is 11.9. The van der Waals surface area contributed by atoms with Crippen LogP contribution in [0, 0.1) is 16.0 Å². The maximum atomic E-state index is 11.3. The number of primary sulfonamides is 1. The lowest BCUT2D eigenvalue weighted by atomic mass is 9.93. The van der Waals surface area contributed by atoms with E-state index in [4.69, 9.17) is 14.6 Å². The molecule has 9 heteroatoms. The van der Waals surface area contributed by atoms with Crippen LogP contribution >= 0.6 is 0 Å². The highest BCUT2D eigenvalue weighted by Gasteiger charge is 2.20. The molecule has 0 aromatic heterocycles. The minimum absolute atomic E-state index is 0.0653. The van der Waals surface area contributed by atoms with Crippen molar-refractivity contribution in [3.63, 3.8) is 0 Å². The van der Waals surface area contributed by atoms with Gasteiger partial charge in [-0.05, 0) is 37.3 Å². The summed E-state index contributed by atoms with van der Waals surface area (Å²) in [5.41, 5.74) is -0.388. The van der Waals surface area contributed by atoms with E-state index in [1.807, 2.05) is 0 Å². The van der Waals surface area contributed by atoms with Gasteiger partial charge in [0.2, 0.25) is 10.0 Å². The zero-order valence-corrected chi connectivity index (χ0v) is 17.7. The fourth-order valence-corrected chi connectivity index (χ4v) is 4.11. The van der Waals surface area contributed by atoms with Crippen LogP contribution in [-0.4, -0.2) is 33.2 Å². The van der Waals surface area contributed by atoms with Crippen LogP contribution in [0.3, 0.4) is 0 Å². The Kier molecular flexibility index (Phi) is 9.83. The molecule has 0 unspecified atom stereocenters. The Labute approximate surface area is 173 Å². The molecule has 2 N–H and O–H groups in total. The van der Waals surface area contributed by atoms with E-state index in [-0.39, 0.29) is 16.3 Å². The molecule has 0 radical (unpaired) electrons. The predicted octanol–water partition coefficient (Wildman–Crippen LogP) is 4.17. The number of nitrogens with zero attached hydrogens (tertiary/aromatic N) is 1. The Morgan fingerprint density at radius 3 is 2.31 bits per heavy atom. The second kappa shape index (κ2) is 12.1. The van der Waals surface area contributed by atoms with E-state index in [0.29, 0.717) is 6.61 Å². The molecule has 0 atom stereocenters. The van der Waals surface area contributed by atoms with Gasteiger partial charge in [-0.1, -0.05) is 44.9 Å². The Hall–Kier alpha value is -1.71. The summed E-state index contributed by atoms with van der Waals surface area (Å²) >= 11 is 0. The van der Waals surface area contributed by atoms with E-state index < -0.39 is 14.9 Å². The first kappa shape index (κ1) is 23.6. The van der Waals surface area contributed by atoms with Crippen molar-refractivity contribution in [1.29, 1.82) is 0 Å². The van der Waals surface area contributed by atoms with E-state index in [1.54, 1.807) is 0 Å². The standard InChI is InChI=1S/C20H32N2O6S/c21-29(25,26)18-9-10-20(19(16-18)22(23)24)28-13-7-5-3-1-2-4-6-8-17-11-14-27-15-12-17/h9-10,16-17H,1-8,11-15H2,(H2,21,25,26). The van der Waals surface area contributed by atoms with Gasteiger partial charge in [0.05, 0.1) is 16.4 Å². The van der Waals surface area contributed by atoms with Gasteiger partial charge in [-0.15, -0.1) is 0 Å². The smallest absolute Gasteiger partial charge is 0.312 e. The second-order valence-electron chi connectivity index (χ2n) is 7.60. The number of ether oxygens (including phenoxy) is 2. The highest BCUT2D eigenvalue weighted by molar-refractivity contribution is 7.89. The van der Waals surface area contributed by atoms with Gasteiger partial charge in [0, 0.05) is 19.3 Å². The second-order valence-corrected chi connectivity index (χ2v) is 9.16. The molecule has 164 valence electrons. The Morgan fingerprint density at radius 2 is 1.69 bits per heavy atom. The molecule has 1 aliphatic heterocycles. The Bertz CT molecular complexity index is 747. The van der Waals surface area contributed by atoms with Crippen molar-refractivity contribution in [2.24, 2.45) is 11.1 Å². The predicted molar refractivity (Wildman–Crippen MR) is 110 cm³/mol. The number of unbranched alkanes of at least 4 members (excludes halogenated alkanes) is 6. The zero-order chi connectivity index (χ0) is 21.1. The zero-order valence-electron chi connectivity index (χ0n) is 16.9. The Balaban J connectivity index is 1.57. The average molecular weight is 429 g/mol. The summed E-state index contributed by atoms with van der Waals surface area (Å²) in [6.45, 7) is 2.21. The molecular weight excluding hydrogens is 396 g/mol. The van der Waals surface area contributed by atoms with Gasteiger partial charge in [-0.2, -0.15) is 0 Å². The van der Waals surface area contributed by atoms with E-state index in [9.17, 15) is 18.5 Å². The number of hydrogen-bond donors (Lipinski definition) is 1. The van der Waals surface area contributed by atoms with Crippen molar-refractivity contribution in [3.05, 3.63) is 28.3 Å². The van der Waals surface area contributed by atoms with Crippen molar-refractivity contribution in [1.82, 2.24) is 0 Å². The van der Waals surface area contributed by atoms with Gasteiger partial charge < -0.3 is 9.47 Å². The van der Waals surface area contributed by atoms with Gasteiger partial charge in [0.1, 0.15) is 0 Å². The SMILES string of the molecule is NS(=O)(=O)c1ccc(OCCCCCCCCCC2CCOCC2)c([N+](=O)[O-])c1. The summed E-state index contributed by atoms with van der Waals surface area (Å²) in [6.07, 6.45) is 11.7. The lowest BCUT2D eigenvalue weighted by Crippen LogP contribution is -2.15. The largest absolute Gasteiger partial charge is 0.487 e. The third-order valence-corrected chi connectivity index (χ3v) is 6.22. The molecule has 29 heavy (non-hydrogen) atoms. The van der Waals surface area contributed by atoms with Crippen molar-refractivity contribution in [2.75, 3.05) is 19.8 Å². The lowest BCUT2D eigenvalue weighted by Gasteiger charge is -2.21. The molecule has 1 aliphatic rings. The molecule has 0 aliphatic carbocycles. The van der Waals surface area contributed by atoms with Gasteiger partial charge in [0.15, 0.2) is 5.75 Å². The van der Waals surface area contributed by atoms with Crippen LogP contribution in [0.2, 0.25) is 0 Å². The monoisotopic (exact) mass is 428 g/mol. The summed E-state index contributed by atoms with van der Waals surface area (Å²) in [4.78, 5) is 10.2. The van der Waals surface area contributed by atoms with Crippen LogP contribution in [0.5, 0.6) is 5.75 Å². The topological polar surface area (TPSA) is 122 Å². The number of hydrogen-bond acceptors (Lipinski definition) is 6. The number of nitro groups is 1. The van der Waals surface area contributed by atoms with Crippen molar-refractivity contribution < 1.29 is 22.8 Å². The molecular formula is C20H32N2O6S. The summed E-state index contributed by atoms with van der Waals surface area (Å²) in [5.74, 6) is 0.916. The van der Waals surface area contributed by atoms with E-state index >= 15 is 0 Å². The highest BCUT2D eigenvalue weighted by atomic mass is 32.2. The third kappa shape index (κ3) is 8.67. The maximum absolute atomic E-state index is 11.3. The van der Waals surface area contributed by atoms with Gasteiger partial charge in [-0.25, -0.2) is 13.6 Å². The highest BCUT2D eigenvalue weighted by Crippen LogP contribution is 2.29. The number of nitro benzene ring substituents is 1. The molecule has 1 fully saturated rings. The van der Waals surface area contributed by atoms with Crippen LogP contribution in [-0.2, 0) is 14.8 Å². The van der Waals surface area contributed by atoms with Crippen LogP contribution in [0.4, 0.5) is 5.69 Å². The van der Waals surface area contributed by atoms with Crippen LogP contribution in [0.15, 0.2) is 23.1 Å². The molecule has 2 rings (SSSR count). The van der Waals surface area contributed by atoms with Crippen LogP contribution in [0.25, 0.3) is 0 Å². The minimum atomic E-state index is -3.99. The maximum Gasteiger partial charge on any atom is 0.312 e. The van der Waals surface area contributed by atoms with E-state index in [0.717, 1.165) is 44.5 Å². The van der Waals surface area contributed by atoms with Crippen molar-refractivity contribution in [2.45, 2.75) is 69.1 Å². The van der Waals surface area contributed by atoms with Gasteiger partial charge in [0.25, 0.3) is 0 Å². The van der Waals surface area contributed by atoms with Crippen LogP contribution < -0.4 is 9.88 Å². The normalized spacial score (nSPS) is 15.3. The molecule has 1 heterocycles. The average Bonchev–Trinajstić information content (AvgIpc) is 2.69. The fraction of sp³-hybridized carbons (Fsp3) is 0.700. The lowest BCUT2D eigenvalue weighted by molar-refractivity contribution is -0.386. The van der Waals surface area contributed by atoms with Crippen LogP contribution in [0.1, 0.15) is 64.2 Å². The third-order valence-electron chi connectivity index (χ3n) is 5.31. The number of sulfonamides is 1. The molecule has 1 aromatic carbocycles. The quantitative estimate of drug-likeness (QED) is 0.286. The summed E-state index contributed by atoms with van der Waals surface area (Å²) in [5, 5.41) is 16.2. The molecule has 8 nitrogen and oxygen atoms in total. The minimum Gasteiger partial charge on any atom is -0.487 e. The van der Waals surface area contributed by atoms with Crippen molar-refractivity contribution >= 4 is 15.7 Å². The molecule has 1 saturated heterocycles. The van der Waals surface area contributed by atoms with E-state index in [2.05, 4.69) is 0 Å². The summed E-state index contributed by atoms with van der Waals surface area (Å²) in [7, 11) is -3.99. The van der Waals surface area contributed by atoms with Gasteiger partial charge >= 0.3 is 5.69 Å². The molecule has 0 spiro atoms. The first-order chi connectivity index (χ1) is 13.9. The number of nitrogens with two attached hydrogens (primary N) is 1. The fourth-order valence-electron chi connectivity index (χ4n) is 3.58. The first-order valence-electron chi connectivity index (χ1n) is 10.4. The summed E-state index contributed by atoms with van der Waals surface area (Å²) in [6, 6.07) is 3.44. The number of benzene rings is 1. The molecule has 0 amide bonds.